The quantitative estimate of drug-likeness (QED) is 0.327. The Morgan fingerprint density at radius 1 is 1.03 bits per heavy atom. The molecular weight excluding hydrogens is 462 g/mol. The number of carbonyl (C=O) groups is 1. The molecule has 7 heteroatoms. The van der Waals surface area contributed by atoms with Gasteiger partial charge in [-0.15, -0.1) is 0 Å². The van der Waals surface area contributed by atoms with Crippen molar-refractivity contribution in [2.45, 2.75) is 52.7 Å². The molecule has 2 aromatic heterocycles. The third-order valence-corrected chi connectivity index (χ3v) is 6.95. The summed E-state index contributed by atoms with van der Waals surface area (Å²) in [6.45, 7) is 11.5. The van der Waals surface area contributed by atoms with E-state index in [-0.39, 0.29) is 12.1 Å². The molecule has 0 bridgehead atoms. The lowest BCUT2D eigenvalue weighted by Gasteiger charge is -2.43. The molecule has 1 aliphatic rings. The summed E-state index contributed by atoms with van der Waals surface area (Å²) < 4.78 is 7.97. The van der Waals surface area contributed by atoms with Gasteiger partial charge in [0.25, 0.3) is 0 Å². The van der Waals surface area contributed by atoms with Gasteiger partial charge in [-0.05, 0) is 70.4 Å². The summed E-state index contributed by atoms with van der Waals surface area (Å²) in [6, 6.07) is 20.3. The van der Waals surface area contributed by atoms with Crippen molar-refractivity contribution in [3.05, 3.63) is 78.8 Å². The van der Waals surface area contributed by atoms with Gasteiger partial charge in [-0.25, -0.2) is 14.8 Å². The van der Waals surface area contributed by atoms with Crippen molar-refractivity contribution >= 4 is 28.6 Å². The van der Waals surface area contributed by atoms with Crippen LogP contribution in [0, 0.1) is 12.8 Å². The smallest absolute Gasteiger partial charge is 0.415 e. The molecule has 2 aromatic carbocycles. The maximum Gasteiger partial charge on any atom is 0.415 e. The van der Waals surface area contributed by atoms with E-state index in [2.05, 4.69) is 64.8 Å². The highest BCUT2D eigenvalue weighted by molar-refractivity contribution is 5.90. The van der Waals surface area contributed by atoms with Gasteiger partial charge in [0, 0.05) is 30.7 Å². The summed E-state index contributed by atoms with van der Waals surface area (Å²) in [4.78, 5) is 27.0. The predicted molar refractivity (Wildman–Crippen MR) is 149 cm³/mol. The normalized spacial score (nSPS) is 18.1. The summed E-state index contributed by atoms with van der Waals surface area (Å²) in [5.41, 5.74) is 3.41. The largest absolute Gasteiger partial charge is 0.443 e. The van der Waals surface area contributed by atoms with Crippen LogP contribution < -0.4 is 9.80 Å². The number of carbonyl (C=O) groups excluding carboxylic acids is 1. The van der Waals surface area contributed by atoms with Crippen molar-refractivity contribution in [2.75, 3.05) is 22.9 Å². The van der Waals surface area contributed by atoms with Crippen LogP contribution in [0.4, 0.5) is 16.3 Å². The number of aryl methyl sites for hydroxylation is 1. The Morgan fingerprint density at radius 3 is 2.46 bits per heavy atom. The molecule has 2 atom stereocenters. The molecule has 7 nitrogen and oxygen atoms in total. The number of benzene rings is 2. The van der Waals surface area contributed by atoms with Crippen LogP contribution in [0.5, 0.6) is 0 Å². The fourth-order valence-electron chi connectivity index (χ4n) is 5.01. The van der Waals surface area contributed by atoms with E-state index >= 15 is 0 Å². The maximum absolute atomic E-state index is 13.5. The number of amides is 1. The minimum Gasteiger partial charge on any atom is -0.443 e. The van der Waals surface area contributed by atoms with Crippen LogP contribution in [0.3, 0.4) is 0 Å². The number of ether oxygens (including phenoxy) is 1. The SMILES string of the molecule is Cc1ccc(-n2ccc3c(N4CCC(C)C(N(C(=O)OC(C)(C)C)c5ccccc5)C4)ncnc32)cc1. The van der Waals surface area contributed by atoms with Crippen LogP contribution in [0.1, 0.15) is 39.7 Å². The van der Waals surface area contributed by atoms with Crippen LogP contribution in [0.25, 0.3) is 16.7 Å². The number of aromatic nitrogens is 3. The van der Waals surface area contributed by atoms with Gasteiger partial charge in [-0.2, -0.15) is 0 Å². The molecular formula is C30H35N5O2. The molecule has 37 heavy (non-hydrogen) atoms. The van der Waals surface area contributed by atoms with E-state index in [1.54, 1.807) is 6.33 Å². The Bertz CT molecular complexity index is 1370. The lowest BCUT2D eigenvalue weighted by atomic mass is 9.91. The maximum atomic E-state index is 13.5. The van der Waals surface area contributed by atoms with E-state index in [0.29, 0.717) is 12.5 Å². The molecule has 2 unspecified atom stereocenters. The first kappa shape index (κ1) is 24.8. The van der Waals surface area contributed by atoms with Crippen molar-refractivity contribution in [1.82, 2.24) is 14.5 Å². The monoisotopic (exact) mass is 497 g/mol. The highest BCUT2D eigenvalue weighted by Crippen LogP contribution is 2.33. The number of nitrogens with zero attached hydrogens (tertiary/aromatic N) is 5. The number of hydrogen-bond acceptors (Lipinski definition) is 5. The Kier molecular flexibility index (Phi) is 6.63. The molecule has 1 aliphatic heterocycles. The highest BCUT2D eigenvalue weighted by Gasteiger charge is 2.37. The second-order valence-corrected chi connectivity index (χ2v) is 10.9. The summed E-state index contributed by atoms with van der Waals surface area (Å²) in [5, 5.41) is 1.000. The first-order valence-electron chi connectivity index (χ1n) is 12.9. The molecule has 192 valence electrons. The fourth-order valence-corrected chi connectivity index (χ4v) is 5.01. The number of fused-ring (bicyclic) bond motifs is 1. The molecule has 1 amide bonds. The van der Waals surface area contributed by atoms with Crippen LogP contribution in [-0.2, 0) is 4.74 Å². The number of rotatable bonds is 4. The van der Waals surface area contributed by atoms with Crippen LogP contribution in [-0.4, -0.2) is 45.4 Å². The van der Waals surface area contributed by atoms with E-state index in [4.69, 9.17) is 9.72 Å². The summed E-state index contributed by atoms with van der Waals surface area (Å²) in [6.07, 6.45) is 4.30. The van der Waals surface area contributed by atoms with Crippen LogP contribution in [0.2, 0.25) is 0 Å². The zero-order chi connectivity index (χ0) is 26.2. The van der Waals surface area contributed by atoms with E-state index in [1.807, 2.05) is 56.0 Å². The zero-order valence-corrected chi connectivity index (χ0v) is 22.3. The Balaban J connectivity index is 1.49. The van der Waals surface area contributed by atoms with Crippen molar-refractivity contribution in [3.63, 3.8) is 0 Å². The molecule has 0 N–H and O–H groups in total. The van der Waals surface area contributed by atoms with Gasteiger partial charge in [0.05, 0.1) is 11.4 Å². The number of anilines is 2. The average molecular weight is 498 g/mol. The number of hydrogen-bond donors (Lipinski definition) is 0. The lowest BCUT2D eigenvalue weighted by Crippen LogP contribution is -2.55. The molecule has 4 aromatic rings. The zero-order valence-electron chi connectivity index (χ0n) is 22.3. The minimum atomic E-state index is -0.584. The van der Waals surface area contributed by atoms with Gasteiger partial charge < -0.3 is 14.2 Å². The molecule has 0 spiro atoms. The van der Waals surface area contributed by atoms with Crippen molar-refractivity contribution in [2.24, 2.45) is 5.92 Å². The predicted octanol–water partition coefficient (Wildman–Crippen LogP) is 6.39. The summed E-state index contributed by atoms with van der Waals surface area (Å²) in [5.74, 6) is 1.18. The minimum absolute atomic E-state index is 0.0739. The Morgan fingerprint density at radius 2 is 1.76 bits per heavy atom. The Labute approximate surface area is 218 Å². The average Bonchev–Trinajstić information content (AvgIpc) is 3.30. The van der Waals surface area contributed by atoms with Gasteiger partial charge in [0.1, 0.15) is 23.4 Å². The first-order valence-corrected chi connectivity index (χ1v) is 12.9. The van der Waals surface area contributed by atoms with Gasteiger partial charge in [-0.1, -0.05) is 42.8 Å². The standard InChI is InChI=1S/C30H35N5O2/c1-21-11-13-23(14-12-21)34-18-16-25-27(31-20-32-28(25)34)33-17-15-22(2)26(19-33)35(24-9-7-6-8-10-24)29(36)37-30(3,4)5/h6-14,16,18,20,22,26H,15,17,19H2,1-5H3. The van der Waals surface area contributed by atoms with Gasteiger partial charge in [0.2, 0.25) is 0 Å². The second-order valence-electron chi connectivity index (χ2n) is 10.9. The first-order chi connectivity index (χ1) is 17.7. The molecule has 1 saturated heterocycles. The van der Waals surface area contributed by atoms with Gasteiger partial charge in [0.15, 0.2) is 0 Å². The van der Waals surface area contributed by atoms with Crippen LogP contribution in [0.15, 0.2) is 73.2 Å². The van der Waals surface area contributed by atoms with Gasteiger partial charge >= 0.3 is 6.09 Å². The molecule has 0 radical (unpaired) electrons. The third kappa shape index (κ3) is 5.17. The van der Waals surface area contributed by atoms with E-state index in [1.165, 1.54) is 5.56 Å². The van der Waals surface area contributed by atoms with Gasteiger partial charge in [-0.3, -0.25) is 4.90 Å². The lowest BCUT2D eigenvalue weighted by molar-refractivity contribution is 0.0551. The molecule has 0 saturated carbocycles. The van der Waals surface area contributed by atoms with Crippen molar-refractivity contribution in [3.8, 4) is 5.69 Å². The van der Waals surface area contributed by atoms with E-state index in [9.17, 15) is 4.79 Å². The Hall–Kier alpha value is -3.87. The molecule has 0 aliphatic carbocycles. The highest BCUT2D eigenvalue weighted by atomic mass is 16.6. The fraction of sp³-hybridized carbons (Fsp3) is 0.367. The number of para-hydroxylation sites is 1. The number of piperidine rings is 1. The summed E-state index contributed by atoms with van der Waals surface area (Å²) >= 11 is 0. The van der Waals surface area contributed by atoms with Crippen molar-refractivity contribution < 1.29 is 9.53 Å². The van der Waals surface area contributed by atoms with E-state index in [0.717, 1.165) is 41.2 Å². The van der Waals surface area contributed by atoms with Crippen LogP contribution >= 0.6 is 0 Å². The van der Waals surface area contributed by atoms with E-state index < -0.39 is 5.60 Å². The molecule has 1 fully saturated rings. The molecule has 5 rings (SSSR count). The summed E-state index contributed by atoms with van der Waals surface area (Å²) in [7, 11) is 0. The van der Waals surface area contributed by atoms with Crippen molar-refractivity contribution in [1.29, 1.82) is 0 Å². The third-order valence-electron chi connectivity index (χ3n) is 6.95. The second kappa shape index (κ2) is 9.88. The molecule has 3 heterocycles. The topological polar surface area (TPSA) is 63.5 Å².